The molecule has 0 bridgehead atoms. The quantitative estimate of drug-likeness (QED) is 0.272. The molecule has 0 spiro atoms. The molecule has 106 valence electrons. The predicted octanol–water partition coefficient (Wildman–Crippen LogP) is 5.10. The first-order valence-electron chi connectivity index (χ1n) is 7.77. The zero-order valence-electron chi connectivity index (χ0n) is 12.1. The van der Waals surface area contributed by atoms with Crippen molar-refractivity contribution in [1.29, 1.82) is 0 Å². The summed E-state index contributed by atoms with van der Waals surface area (Å²) >= 11 is 0. The lowest BCUT2D eigenvalue weighted by Crippen LogP contribution is -2.12. The molecular weight excluding hydrogens is 270 g/mol. The Hall–Kier alpha value is -2.61. The molecule has 1 aliphatic rings. The highest BCUT2D eigenvalue weighted by Gasteiger charge is 2.21. The van der Waals surface area contributed by atoms with Crippen LogP contribution in [0.2, 0.25) is 0 Å². The number of hydrogen-bond acceptors (Lipinski definition) is 2. The highest BCUT2D eigenvalue weighted by molar-refractivity contribution is 6.25. The van der Waals surface area contributed by atoms with E-state index in [1.54, 1.807) is 0 Å². The van der Waals surface area contributed by atoms with Crippen molar-refractivity contribution in [2.24, 2.45) is 5.16 Å². The van der Waals surface area contributed by atoms with Crippen LogP contribution in [0.1, 0.15) is 24.0 Å². The van der Waals surface area contributed by atoms with E-state index in [9.17, 15) is 5.21 Å². The first kappa shape index (κ1) is 12.0. The van der Waals surface area contributed by atoms with E-state index in [1.807, 2.05) is 0 Å². The van der Waals surface area contributed by atoms with Gasteiger partial charge in [-0.2, -0.15) is 0 Å². The monoisotopic (exact) mass is 285 g/mol. The number of rotatable bonds is 0. The molecule has 0 amide bonds. The summed E-state index contributed by atoms with van der Waals surface area (Å²) in [6.07, 6.45) is 2.97. The van der Waals surface area contributed by atoms with Gasteiger partial charge in [0.15, 0.2) is 0 Å². The maximum Gasteiger partial charge on any atom is 0.0871 e. The standard InChI is InChI=1S/C20H15NO/c22-21-18-6-2-5-15-16-10-9-13-4-1-3-12-7-8-14(11-17(15)18)20(16)19(12)13/h1,3-4,7-11,22H,2,5-6H2. The molecule has 0 saturated heterocycles. The Morgan fingerprint density at radius 1 is 0.818 bits per heavy atom. The van der Waals surface area contributed by atoms with Crippen molar-refractivity contribution < 1.29 is 5.21 Å². The van der Waals surface area contributed by atoms with E-state index in [0.29, 0.717) is 0 Å². The van der Waals surface area contributed by atoms with Crippen LogP contribution in [0, 0.1) is 0 Å². The average Bonchev–Trinajstić information content (AvgIpc) is 2.58. The summed E-state index contributed by atoms with van der Waals surface area (Å²) in [5.74, 6) is 0. The van der Waals surface area contributed by atoms with Crippen molar-refractivity contribution in [2.45, 2.75) is 19.3 Å². The molecule has 1 N–H and O–H groups in total. The third-order valence-electron chi connectivity index (χ3n) is 5.03. The topological polar surface area (TPSA) is 32.6 Å². The maximum atomic E-state index is 9.33. The highest BCUT2D eigenvalue weighted by Crippen LogP contribution is 2.39. The summed E-state index contributed by atoms with van der Waals surface area (Å²) in [5.41, 5.74) is 3.29. The lowest BCUT2D eigenvalue weighted by Gasteiger charge is -2.21. The Labute approximate surface area is 128 Å². The van der Waals surface area contributed by atoms with E-state index >= 15 is 0 Å². The first-order valence-corrected chi connectivity index (χ1v) is 7.77. The minimum Gasteiger partial charge on any atom is -0.411 e. The average molecular weight is 285 g/mol. The van der Waals surface area contributed by atoms with E-state index < -0.39 is 0 Å². The van der Waals surface area contributed by atoms with Gasteiger partial charge in [0, 0.05) is 5.56 Å². The van der Waals surface area contributed by atoms with Gasteiger partial charge in [-0.1, -0.05) is 47.6 Å². The fourth-order valence-corrected chi connectivity index (χ4v) is 4.07. The van der Waals surface area contributed by atoms with Crippen LogP contribution in [0.25, 0.3) is 32.3 Å². The third kappa shape index (κ3) is 1.42. The minimum absolute atomic E-state index is 0.826. The van der Waals surface area contributed by atoms with Crippen LogP contribution in [0.15, 0.2) is 53.7 Å². The summed E-state index contributed by atoms with van der Waals surface area (Å²) in [7, 11) is 0. The molecule has 2 heteroatoms. The van der Waals surface area contributed by atoms with Gasteiger partial charge in [0.05, 0.1) is 5.71 Å². The van der Waals surface area contributed by atoms with E-state index in [0.717, 1.165) is 30.5 Å². The fourth-order valence-electron chi connectivity index (χ4n) is 4.07. The molecular formula is C20H15NO. The zero-order valence-corrected chi connectivity index (χ0v) is 12.1. The zero-order chi connectivity index (χ0) is 14.7. The largest absolute Gasteiger partial charge is 0.411 e. The van der Waals surface area contributed by atoms with Crippen molar-refractivity contribution >= 4 is 38.0 Å². The Morgan fingerprint density at radius 3 is 2.41 bits per heavy atom. The smallest absolute Gasteiger partial charge is 0.0871 e. The molecule has 0 saturated carbocycles. The Morgan fingerprint density at radius 2 is 1.59 bits per heavy atom. The summed E-state index contributed by atoms with van der Waals surface area (Å²) in [5, 5.41) is 20.7. The van der Waals surface area contributed by atoms with Crippen LogP contribution in [0.5, 0.6) is 0 Å². The molecule has 0 aromatic heterocycles. The van der Waals surface area contributed by atoms with Crippen molar-refractivity contribution in [3.63, 3.8) is 0 Å². The normalized spacial score (nSPS) is 16.8. The number of aryl methyl sites for hydroxylation is 1. The molecule has 0 unspecified atom stereocenters. The van der Waals surface area contributed by atoms with Gasteiger partial charge in [-0.25, -0.2) is 0 Å². The van der Waals surface area contributed by atoms with E-state index in [2.05, 4.69) is 53.7 Å². The van der Waals surface area contributed by atoms with Crippen molar-refractivity contribution in [2.75, 3.05) is 0 Å². The first-order chi connectivity index (χ1) is 10.9. The highest BCUT2D eigenvalue weighted by atomic mass is 16.4. The molecule has 0 atom stereocenters. The van der Waals surface area contributed by atoms with Crippen molar-refractivity contribution in [3.8, 4) is 0 Å². The molecule has 0 heterocycles. The van der Waals surface area contributed by atoms with Gasteiger partial charge in [-0.3, -0.25) is 0 Å². The number of hydrogen-bond donors (Lipinski definition) is 1. The van der Waals surface area contributed by atoms with Crippen LogP contribution in [-0.4, -0.2) is 10.9 Å². The Bertz CT molecular complexity index is 1050. The summed E-state index contributed by atoms with van der Waals surface area (Å²) in [6.45, 7) is 0. The van der Waals surface area contributed by atoms with E-state index in [1.165, 1.54) is 37.9 Å². The van der Waals surface area contributed by atoms with Gasteiger partial charge < -0.3 is 5.21 Å². The number of nitrogens with zero attached hydrogens (tertiary/aromatic N) is 1. The molecule has 0 aliphatic heterocycles. The number of oxime groups is 1. The third-order valence-corrected chi connectivity index (χ3v) is 5.03. The SMILES string of the molecule is ON=C1CCCc2c1cc1ccc3cccc4ccc2c1c34. The van der Waals surface area contributed by atoms with Crippen LogP contribution in [0.4, 0.5) is 0 Å². The van der Waals surface area contributed by atoms with E-state index in [-0.39, 0.29) is 0 Å². The summed E-state index contributed by atoms with van der Waals surface area (Å²) in [4.78, 5) is 0. The minimum atomic E-state index is 0.826. The second-order valence-corrected chi connectivity index (χ2v) is 6.16. The van der Waals surface area contributed by atoms with E-state index in [4.69, 9.17) is 0 Å². The molecule has 22 heavy (non-hydrogen) atoms. The molecule has 4 aromatic carbocycles. The lowest BCUT2D eigenvalue weighted by molar-refractivity contribution is 0.317. The van der Waals surface area contributed by atoms with Crippen molar-refractivity contribution in [1.82, 2.24) is 0 Å². The van der Waals surface area contributed by atoms with Gasteiger partial charge in [0.25, 0.3) is 0 Å². The Balaban J connectivity index is 2.06. The molecule has 1 aliphatic carbocycles. The predicted molar refractivity (Wildman–Crippen MR) is 91.4 cm³/mol. The van der Waals surface area contributed by atoms with Gasteiger partial charge in [0.2, 0.25) is 0 Å². The number of fused-ring (bicyclic) bond motifs is 2. The van der Waals surface area contributed by atoms with Crippen LogP contribution in [0.3, 0.4) is 0 Å². The molecule has 2 nitrogen and oxygen atoms in total. The molecule has 4 aromatic rings. The number of benzene rings is 4. The Kier molecular flexibility index (Phi) is 2.29. The molecule has 0 radical (unpaired) electrons. The maximum absolute atomic E-state index is 9.33. The van der Waals surface area contributed by atoms with Crippen LogP contribution < -0.4 is 0 Å². The molecule has 5 rings (SSSR count). The lowest BCUT2D eigenvalue weighted by atomic mass is 9.83. The second-order valence-electron chi connectivity index (χ2n) is 6.16. The van der Waals surface area contributed by atoms with Crippen LogP contribution >= 0.6 is 0 Å². The summed E-state index contributed by atoms with van der Waals surface area (Å²) in [6, 6.07) is 17.5. The summed E-state index contributed by atoms with van der Waals surface area (Å²) < 4.78 is 0. The van der Waals surface area contributed by atoms with Gasteiger partial charge in [0.1, 0.15) is 0 Å². The van der Waals surface area contributed by atoms with Gasteiger partial charge >= 0.3 is 0 Å². The van der Waals surface area contributed by atoms with Gasteiger partial charge in [-0.15, -0.1) is 0 Å². The van der Waals surface area contributed by atoms with Crippen LogP contribution in [-0.2, 0) is 6.42 Å². The fraction of sp³-hybridized carbons (Fsp3) is 0.150. The van der Waals surface area contributed by atoms with Crippen molar-refractivity contribution in [3.05, 3.63) is 59.7 Å². The molecule has 0 fully saturated rings. The second kappa shape index (κ2) is 4.20. The van der Waals surface area contributed by atoms with Gasteiger partial charge in [-0.05, 0) is 63.2 Å².